The lowest BCUT2D eigenvalue weighted by Crippen LogP contribution is -2.35. The van der Waals surface area contributed by atoms with Crippen LogP contribution in [0.2, 0.25) is 0 Å². The van der Waals surface area contributed by atoms with E-state index in [1.165, 1.54) is 0 Å². The van der Waals surface area contributed by atoms with Crippen LogP contribution in [0.5, 0.6) is 11.5 Å². The number of aromatic hydroxyl groups is 1. The van der Waals surface area contributed by atoms with E-state index in [0.29, 0.717) is 48.4 Å². The van der Waals surface area contributed by atoms with Crippen LogP contribution >= 0.6 is 0 Å². The summed E-state index contributed by atoms with van der Waals surface area (Å²) in [7, 11) is 0. The molecule has 1 amide bonds. The van der Waals surface area contributed by atoms with Crippen molar-refractivity contribution in [3.05, 3.63) is 42.2 Å². The summed E-state index contributed by atoms with van der Waals surface area (Å²) < 4.78 is 7.10. The molecular weight excluding hydrogens is 334 g/mol. The lowest BCUT2D eigenvalue weighted by atomic mass is 10.1. The summed E-state index contributed by atoms with van der Waals surface area (Å²) in [5.74, 6) is 0.802. The van der Waals surface area contributed by atoms with Crippen LogP contribution in [0.15, 0.2) is 36.5 Å². The van der Waals surface area contributed by atoms with Crippen molar-refractivity contribution in [3.63, 3.8) is 0 Å². The van der Waals surface area contributed by atoms with Crippen molar-refractivity contribution in [2.75, 3.05) is 13.2 Å². The first kappa shape index (κ1) is 16.1. The van der Waals surface area contributed by atoms with Crippen molar-refractivity contribution >= 4 is 5.91 Å². The third-order valence-corrected chi connectivity index (χ3v) is 4.06. The zero-order valence-electron chi connectivity index (χ0n) is 14.1. The van der Waals surface area contributed by atoms with Gasteiger partial charge >= 0.3 is 0 Å². The molecule has 0 bridgehead atoms. The lowest BCUT2D eigenvalue weighted by Gasteiger charge is -2.13. The average molecular weight is 351 g/mol. The van der Waals surface area contributed by atoms with Crippen LogP contribution in [0, 0.1) is 0 Å². The molecule has 0 saturated carbocycles. The fraction of sp³-hybridized carbons (Fsp3) is 0.222. The van der Waals surface area contributed by atoms with Gasteiger partial charge in [-0.2, -0.15) is 5.10 Å². The quantitative estimate of drug-likeness (QED) is 0.744. The molecule has 26 heavy (non-hydrogen) atoms. The van der Waals surface area contributed by atoms with Crippen LogP contribution in [0.25, 0.3) is 22.8 Å². The molecule has 2 aromatic heterocycles. The maximum absolute atomic E-state index is 11.9. The van der Waals surface area contributed by atoms with Gasteiger partial charge in [0.1, 0.15) is 11.4 Å². The Labute approximate surface area is 149 Å². The van der Waals surface area contributed by atoms with E-state index in [1.54, 1.807) is 41.2 Å². The summed E-state index contributed by atoms with van der Waals surface area (Å²) in [5, 5.41) is 17.1. The molecule has 2 N–H and O–H groups in total. The minimum atomic E-state index is -0.135. The number of benzene rings is 1. The molecule has 8 nitrogen and oxygen atoms in total. The topological polar surface area (TPSA) is 102 Å². The first-order valence-corrected chi connectivity index (χ1v) is 8.31. The van der Waals surface area contributed by atoms with Crippen LogP contribution in [-0.4, -0.2) is 43.9 Å². The molecule has 3 aromatic rings. The van der Waals surface area contributed by atoms with E-state index in [4.69, 9.17) is 4.74 Å². The summed E-state index contributed by atoms with van der Waals surface area (Å²) in [6, 6.07) is 8.45. The number of phenolic OH excluding ortho intramolecular Hbond substituents is 1. The number of carbonyl (C=O) groups excluding carboxylic acids is 1. The van der Waals surface area contributed by atoms with Gasteiger partial charge in [-0.1, -0.05) is 0 Å². The number of phenols is 1. The first-order valence-electron chi connectivity index (χ1n) is 8.31. The summed E-state index contributed by atoms with van der Waals surface area (Å²) in [5.41, 5.74) is 2.48. The van der Waals surface area contributed by atoms with Crippen molar-refractivity contribution in [1.82, 2.24) is 25.1 Å². The Hall–Kier alpha value is -3.42. The van der Waals surface area contributed by atoms with Crippen molar-refractivity contribution in [1.29, 1.82) is 0 Å². The van der Waals surface area contributed by atoms with Crippen molar-refractivity contribution < 1.29 is 14.6 Å². The molecule has 0 radical (unpaired) electrons. The molecule has 0 atom stereocenters. The maximum Gasteiger partial charge on any atom is 0.269 e. The number of hydrogen-bond acceptors (Lipinski definition) is 6. The molecule has 132 valence electrons. The van der Waals surface area contributed by atoms with Crippen molar-refractivity contribution in [2.24, 2.45) is 0 Å². The van der Waals surface area contributed by atoms with Crippen LogP contribution in [0.4, 0.5) is 0 Å². The van der Waals surface area contributed by atoms with E-state index < -0.39 is 0 Å². The third kappa shape index (κ3) is 2.85. The van der Waals surface area contributed by atoms with Gasteiger partial charge in [0, 0.05) is 18.3 Å². The number of fused-ring (bicyclic) bond motifs is 1. The Balaban J connectivity index is 1.72. The van der Waals surface area contributed by atoms with E-state index in [9.17, 15) is 9.90 Å². The van der Waals surface area contributed by atoms with Crippen LogP contribution < -0.4 is 10.1 Å². The lowest BCUT2D eigenvalue weighted by molar-refractivity contribution is 0.0924. The second-order valence-corrected chi connectivity index (χ2v) is 5.77. The minimum Gasteiger partial charge on any atom is -0.504 e. The summed E-state index contributed by atoms with van der Waals surface area (Å²) in [4.78, 5) is 20.8. The minimum absolute atomic E-state index is 0.0690. The number of amides is 1. The molecule has 1 aliphatic heterocycles. The fourth-order valence-electron chi connectivity index (χ4n) is 2.83. The largest absolute Gasteiger partial charge is 0.504 e. The average Bonchev–Trinajstić information content (AvgIpc) is 3.10. The molecule has 8 heteroatoms. The number of nitrogens with zero attached hydrogens (tertiary/aromatic N) is 4. The maximum atomic E-state index is 11.9. The summed E-state index contributed by atoms with van der Waals surface area (Å²) in [6.45, 7) is 3.49. The molecule has 0 unspecified atom stereocenters. The Morgan fingerprint density at radius 2 is 2.15 bits per heavy atom. The van der Waals surface area contributed by atoms with Gasteiger partial charge in [-0.3, -0.25) is 9.48 Å². The summed E-state index contributed by atoms with van der Waals surface area (Å²) >= 11 is 0. The van der Waals surface area contributed by atoms with Crippen molar-refractivity contribution in [3.8, 4) is 34.3 Å². The first-order chi connectivity index (χ1) is 12.7. The van der Waals surface area contributed by atoms with Crippen molar-refractivity contribution in [2.45, 2.75) is 13.5 Å². The van der Waals surface area contributed by atoms with E-state index >= 15 is 0 Å². The van der Waals surface area contributed by atoms with Gasteiger partial charge in [0.2, 0.25) is 0 Å². The van der Waals surface area contributed by atoms with Gasteiger partial charge in [-0.25, -0.2) is 9.97 Å². The SMILES string of the molecule is CCOc1cc(-c2nccc(-c3cc4n(n3)CCNC4=O)n2)ccc1O. The molecule has 1 aromatic carbocycles. The van der Waals surface area contributed by atoms with Gasteiger partial charge in [0.15, 0.2) is 17.3 Å². The summed E-state index contributed by atoms with van der Waals surface area (Å²) in [6.07, 6.45) is 1.64. The van der Waals surface area contributed by atoms with E-state index in [0.717, 1.165) is 5.56 Å². The third-order valence-electron chi connectivity index (χ3n) is 4.06. The fourth-order valence-corrected chi connectivity index (χ4v) is 2.83. The molecule has 1 aliphatic rings. The van der Waals surface area contributed by atoms with Gasteiger partial charge in [-0.15, -0.1) is 0 Å². The molecular formula is C18H17N5O3. The van der Waals surface area contributed by atoms with Crippen LogP contribution in [-0.2, 0) is 6.54 Å². The number of nitrogens with one attached hydrogen (secondary N) is 1. The molecule has 0 spiro atoms. The molecule has 4 rings (SSSR count). The van der Waals surface area contributed by atoms with E-state index in [1.807, 2.05) is 6.92 Å². The molecule has 0 fully saturated rings. The predicted molar refractivity (Wildman–Crippen MR) is 93.9 cm³/mol. The van der Waals surface area contributed by atoms with E-state index in [2.05, 4.69) is 20.4 Å². The van der Waals surface area contributed by atoms with Gasteiger partial charge in [0.05, 0.1) is 18.8 Å². The van der Waals surface area contributed by atoms with Gasteiger partial charge in [-0.05, 0) is 37.3 Å². The van der Waals surface area contributed by atoms with E-state index in [-0.39, 0.29) is 11.7 Å². The highest BCUT2D eigenvalue weighted by atomic mass is 16.5. The smallest absolute Gasteiger partial charge is 0.269 e. The second kappa shape index (κ2) is 6.47. The molecule has 3 heterocycles. The number of rotatable bonds is 4. The highest BCUT2D eigenvalue weighted by Crippen LogP contribution is 2.31. The normalized spacial score (nSPS) is 13.2. The Morgan fingerprint density at radius 1 is 1.27 bits per heavy atom. The number of carbonyl (C=O) groups is 1. The monoisotopic (exact) mass is 351 g/mol. The zero-order valence-corrected chi connectivity index (χ0v) is 14.1. The number of hydrogen-bond donors (Lipinski definition) is 2. The van der Waals surface area contributed by atoms with Crippen LogP contribution in [0.3, 0.4) is 0 Å². The Bertz CT molecular complexity index is 983. The predicted octanol–water partition coefficient (Wildman–Crippen LogP) is 1.85. The Kier molecular flexibility index (Phi) is 4.00. The van der Waals surface area contributed by atoms with Gasteiger partial charge in [0.25, 0.3) is 5.91 Å². The number of ether oxygens (including phenoxy) is 1. The van der Waals surface area contributed by atoms with Crippen LogP contribution in [0.1, 0.15) is 17.4 Å². The number of aromatic nitrogens is 4. The van der Waals surface area contributed by atoms with Gasteiger partial charge < -0.3 is 15.2 Å². The zero-order chi connectivity index (χ0) is 18.1. The Morgan fingerprint density at radius 3 is 2.96 bits per heavy atom. The standard InChI is InChI=1S/C18H17N5O3/c1-2-26-16-9-11(3-4-15(16)24)17-19-6-5-12(21-17)13-10-14-18(25)20-7-8-23(14)22-13/h3-6,9-10,24H,2,7-8H2,1H3,(H,20,25). The second-order valence-electron chi connectivity index (χ2n) is 5.77. The highest BCUT2D eigenvalue weighted by Gasteiger charge is 2.20. The molecule has 0 saturated heterocycles. The molecule has 0 aliphatic carbocycles. The highest BCUT2D eigenvalue weighted by molar-refractivity contribution is 5.94.